The summed E-state index contributed by atoms with van der Waals surface area (Å²) in [5, 5.41) is 10.9. The van der Waals surface area contributed by atoms with Gasteiger partial charge in [-0.3, -0.25) is 9.89 Å². The fraction of sp³-hybridized carbons (Fsp3) is 0.312. The molecule has 0 saturated heterocycles. The van der Waals surface area contributed by atoms with Crippen molar-refractivity contribution in [2.75, 3.05) is 0 Å². The van der Waals surface area contributed by atoms with Crippen LogP contribution in [0.2, 0.25) is 0 Å². The Kier molecular flexibility index (Phi) is 3.77. The van der Waals surface area contributed by atoms with Crippen molar-refractivity contribution in [3.05, 3.63) is 56.9 Å². The number of aromatic amines is 2. The number of H-pyrrole nitrogens is 2. The number of rotatable bonds is 4. The van der Waals surface area contributed by atoms with E-state index < -0.39 is 0 Å². The van der Waals surface area contributed by atoms with Gasteiger partial charge >= 0.3 is 0 Å². The Bertz CT molecular complexity index is 878. The monoisotopic (exact) mass is 297 g/mol. The molecule has 0 aliphatic carbocycles. The van der Waals surface area contributed by atoms with Crippen LogP contribution in [0.15, 0.2) is 23.0 Å². The molecule has 0 aliphatic heterocycles. The third kappa shape index (κ3) is 2.92. The Morgan fingerprint density at radius 2 is 1.95 bits per heavy atom. The number of pyridine rings is 1. The number of nitrogens with one attached hydrogen (secondary N) is 3. The van der Waals surface area contributed by atoms with Gasteiger partial charge in [0.05, 0.1) is 12.1 Å². The first-order valence-corrected chi connectivity index (χ1v) is 7.24. The van der Waals surface area contributed by atoms with Gasteiger partial charge in [-0.05, 0) is 38.0 Å². The maximum atomic E-state index is 12.3. The summed E-state index contributed by atoms with van der Waals surface area (Å²) in [5.74, 6) is 1.51. The standard InChI is InChI=1S/C16H19N5O/c1-9-4-10(2)16-13(5-9)14(22)6-12(19-16)7-17-8-15-18-11(3)20-21-15/h4-6,17H,7-8H2,1-3H3,(H,19,22)(H,18,20,21). The molecule has 0 aliphatic rings. The fourth-order valence-electron chi connectivity index (χ4n) is 2.63. The van der Waals surface area contributed by atoms with Gasteiger partial charge in [-0.25, -0.2) is 4.98 Å². The van der Waals surface area contributed by atoms with E-state index in [9.17, 15) is 4.79 Å². The summed E-state index contributed by atoms with van der Waals surface area (Å²) < 4.78 is 0. The predicted molar refractivity (Wildman–Crippen MR) is 85.7 cm³/mol. The van der Waals surface area contributed by atoms with E-state index in [-0.39, 0.29) is 5.43 Å². The van der Waals surface area contributed by atoms with E-state index in [1.54, 1.807) is 6.07 Å². The predicted octanol–water partition coefficient (Wildman–Crippen LogP) is 1.86. The highest BCUT2D eigenvalue weighted by molar-refractivity contribution is 5.82. The van der Waals surface area contributed by atoms with Gasteiger partial charge in [-0.2, -0.15) is 5.10 Å². The molecule has 0 spiro atoms. The van der Waals surface area contributed by atoms with Crippen molar-refractivity contribution in [2.24, 2.45) is 0 Å². The average molecular weight is 297 g/mol. The molecule has 6 nitrogen and oxygen atoms in total. The van der Waals surface area contributed by atoms with E-state index >= 15 is 0 Å². The molecule has 0 bridgehead atoms. The summed E-state index contributed by atoms with van der Waals surface area (Å²) in [6.45, 7) is 6.99. The van der Waals surface area contributed by atoms with E-state index in [0.29, 0.717) is 18.9 Å². The molecule has 3 N–H and O–H groups in total. The highest BCUT2D eigenvalue weighted by Gasteiger charge is 2.06. The molecule has 0 saturated carbocycles. The zero-order chi connectivity index (χ0) is 15.7. The van der Waals surface area contributed by atoms with Crippen molar-refractivity contribution in [3.8, 4) is 0 Å². The van der Waals surface area contributed by atoms with Crippen LogP contribution in [0.3, 0.4) is 0 Å². The van der Waals surface area contributed by atoms with Crippen LogP contribution >= 0.6 is 0 Å². The summed E-state index contributed by atoms with van der Waals surface area (Å²) in [6.07, 6.45) is 0. The average Bonchev–Trinajstić information content (AvgIpc) is 2.86. The summed E-state index contributed by atoms with van der Waals surface area (Å²) >= 11 is 0. The van der Waals surface area contributed by atoms with Gasteiger partial charge in [0.1, 0.15) is 5.82 Å². The van der Waals surface area contributed by atoms with Crippen LogP contribution in [0.5, 0.6) is 0 Å². The molecule has 0 atom stereocenters. The number of fused-ring (bicyclic) bond motifs is 1. The van der Waals surface area contributed by atoms with E-state index in [4.69, 9.17) is 0 Å². The third-order valence-corrected chi connectivity index (χ3v) is 3.58. The van der Waals surface area contributed by atoms with Crippen molar-refractivity contribution < 1.29 is 0 Å². The zero-order valence-electron chi connectivity index (χ0n) is 12.9. The Balaban J connectivity index is 1.81. The minimum absolute atomic E-state index is 0.0473. The molecule has 6 heteroatoms. The van der Waals surface area contributed by atoms with Crippen LogP contribution < -0.4 is 10.7 Å². The first-order chi connectivity index (χ1) is 10.5. The van der Waals surface area contributed by atoms with Crippen LogP contribution in [0.1, 0.15) is 28.5 Å². The molecule has 3 rings (SSSR count). The van der Waals surface area contributed by atoms with Crippen LogP contribution in [-0.4, -0.2) is 20.2 Å². The Morgan fingerprint density at radius 1 is 1.14 bits per heavy atom. The Labute approximate surface area is 128 Å². The largest absolute Gasteiger partial charge is 0.357 e. The molecule has 0 radical (unpaired) electrons. The minimum atomic E-state index is 0.0473. The van der Waals surface area contributed by atoms with Gasteiger partial charge in [-0.15, -0.1) is 0 Å². The fourth-order valence-corrected chi connectivity index (χ4v) is 2.63. The van der Waals surface area contributed by atoms with Gasteiger partial charge in [0.15, 0.2) is 11.3 Å². The van der Waals surface area contributed by atoms with Gasteiger partial charge in [0, 0.05) is 23.7 Å². The number of benzene rings is 1. The minimum Gasteiger partial charge on any atom is -0.357 e. The van der Waals surface area contributed by atoms with Crippen LogP contribution in [0.25, 0.3) is 10.9 Å². The third-order valence-electron chi connectivity index (χ3n) is 3.58. The molecule has 22 heavy (non-hydrogen) atoms. The van der Waals surface area contributed by atoms with Crippen LogP contribution in [0.4, 0.5) is 0 Å². The number of nitrogens with zero attached hydrogens (tertiary/aromatic N) is 2. The molecule has 114 valence electrons. The molecule has 0 unspecified atom stereocenters. The number of aromatic nitrogens is 4. The lowest BCUT2D eigenvalue weighted by atomic mass is 10.1. The number of aryl methyl sites for hydroxylation is 3. The summed E-state index contributed by atoms with van der Waals surface area (Å²) in [4.78, 5) is 19.8. The maximum absolute atomic E-state index is 12.3. The van der Waals surface area contributed by atoms with Crippen LogP contribution in [0, 0.1) is 20.8 Å². The summed E-state index contributed by atoms with van der Waals surface area (Å²) in [7, 11) is 0. The SMILES string of the molecule is Cc1cc(C)c2[nH]c(CNCc3n[nH]c(C)n3)cc(=O)c2c1. The normalized spacial score (nSPS) is 11.2. The molecular weight excluding hydrogens is 278 g/mol. The van der Waals surface area contributed by atoms with Crippen molar-refractivity contribution in [3.63, 3.8) is 0 Å². The van der Waals surface area contributed by atoms with Crippen LogP contribution in [-0.2, 0) is 13.1 Å². The summed E-state index contributed by atoms with van der Waals surface area (Å²) in [5.41, 5.74) is 3.99. The van der Waals surface area contributed by atoms with Gasteiger partial charge in [0.25, 0.3) is 0 Å². The van der Waals surface area contributed by atoms with Crippen molar-refractivity contribution in [2.45, 2.75) is 33.9 Å². The van der Waals surface area contributed by atoms with Gasteiger partial charge in [0.2, 0.25) is 0 Å². The summed E-state index contributed by atoms with van der Waals surface area (Å²) in [6, 6.07) is 5.65. The first-order valence-electron chi connectivity index (χ1n) is 7.24. The quantitative estimate of drug-likeness (QED) is 0.686. The van der Waals surface area contributed by atoms with Gasteiger partial charge < -0.3 is 10.3 Å². The topological polar surface area (TPSA) is 86.5 Å². The molecule has 3 aromatic rings. The number of hydrogen-bond acceptors (Lipinski definition) is 4. The smallest absolute Gasteiger partial charge is 0.189 e. The second kappa shape index (κ2) is 5.73. The van der Waals surface area contributed by atoms with E-state index in [1.165, 1.54) is 0 Å². The first kappa shape index (κ1) is 14.5. The molecular formula is C16H19N5O. The molecule has 1 aromatic carbocycles. The lowest BCUT2D eigenvalue weighted by molar-refractivity contribution is 0.655. The Hall–Kier alpha value is -2.47. The van der Waals surface area contributed by atoms with E-state index in [2.05, 4.69) is 31.5 Å². The zero-order valence-corrected chi connectivity index (χ0v) is 12.9. The lowest BCUT2D eigenvalue weighted by Crippen LogP contribution is -2.17. The highest BCUT2D eigenvalue weighted by atomic mass is 16.1. The molecule has 2 aromatic heterocycles. The molecule has 0 amide bonds. The van der Waals surface area contributed by atoms with E-state index in [0.717, 1.165) is 33.5 Å². The second-order valence-corrected chi connectivity index (χ2v) is 5.60. The lowest BCUT2D eigenvalue weighted by Gasteiger charge is -2.08. The van der Waals surface area contributed by atoms with Crippen molar-refractivity contribution >= 4 is 10.9 Å². The highest BCUT2D eigenvalue weighted by Crippen LogP contribution is 2.16. The van der Waals surface area contributed by atoms with Crippen molar-refractivity contribution in [1.82, 2.24) is 25.5 Å². The second-order valence-electron chi connectivity index (χ2n) is 5.60. The van der Waals surface area contributed by atoms with Crippen molar-refractivity contribution in [1.29, 1.82) is 0 Å². The van der Waals surface area contributed by atoms with E-state index in [1.807, 2.05) is 26.8 Å². The number of hydrogen-bond donors (Lipinski definition) is 3. The molecule has 0 fully saturated rings. The maximum Gasteiger partial charge on any atom is 0.189 e. The molecule has 2 heterocycles. The Morgan fingerprint density at radius 3 is 2.68 bits per heavy atom. The van der Waals surface area contributed by atoms with Gasteiger partial charge in [-0.1, -0.05) is 6.07 Å².